The van der Waals surface area contributed by atoms with Crippen LogP contribution in [0.15, 0.2) is 60.0 Å². The fourth-order valence-corrected chi connectivity index (χ4v) is 3.69. The van der Waals surface area contributed by atoms with Gasteiger partial charge in [-0.2, -0.15) is 0 Å². The van der Waals surface area contributed by atoms with Gasteiger partial charge in [0, 0.05) is 5.56 Å². The molecule has 126 valence electrons. The Labute approximate surface area is 148 Å². The van der Waals surface area contributed by atoms with Crippen LogP contribution in [0.3, 0.4) is 0 Å². The van der Waals surface area contributed by atoms with Crippen LogP contribution in [0.2, 0.25) is 0 Å². The summed E-state index contributed by atoms with van der Waals surface area (Å²) >= 11 is 1.49. The maximum atomic E-state index is 12.5. The van der Waals surface area contributed by atoms with E-state index in [-0.39, 0.29) is 24.6 Å². The Balaban J connectivity index is 1.43. The number of hydrogen-bond acceptors (Lipinski definition) is 4. The SMILES string of the molecule is O=C(NCC1CN(c2cccs2)C(=O)O1)c1cccc2ccccc12. The summed E-state index contributed by atoms with van der Waals surface area (Å²) in [5, 5.41) is 7.58. The van der Waals surface area contributed by atoms with Crippen LogP contribution >= 0.6 is 11.3 Å². The maximum absolute atomic E-state index is 12.5. The molecule has 1 unspecified atom stereocenters. The number of thiophene rings is 1. The third kappa shape index (κ3) is 3.08. The molecule has 2 amide bonds. The first-order valence-corrected chi connectivity index (χ1v) is 8.88. The summed E-state index contributed by atoms with van der Waals surface area (Å²) in [5.41, 5.74) is 0.623. The summed E-state index contributed by atoms with van der Waals surface area (Å²) < 4.78 is 5.35. The van der Waals surface area contributed by atoms with Crippen LogP contribution in [0.1, 0.15) is 10.4 Å². The minimum absolute atomic E-state index is 0.164. The van der Waals surface area contributed by atoms with E-state index in [1.165, 1.54) is 11.3 Å². The third-order valence-corrected chi connectivity index (χ3v) is 5.06. The lowest BCUT2D eigenvalue weighted by atomic mass is 10.0. The quantitative estimate of drug-likeness (QED) is 0.780. The number of hydrogen-bond donors (Lipinski definition) is 1. The average Bonchev–Trinajstić information content (AvgIpc) is 3.28. The molecule has 1 aromatic heterocycles. The summed E-state index contributed by atoms with van der Waals surface area (Å²) in [5.74, 6) is -0.164. The third-order valence-electron chi connectivity index (χ3n) is 4.17. The van der Waals surface area contributed by atoms with Crippen molar-refractivity contribution >= 4 is 39.1 Å². The Kier molecular flexibility index (Phi) is 4.11. The fourth-order valence-electron chi connectivity index (χ4n) is 2.96. The predicted octanol–water partition coefficient (Wildman–Crippen LogP) is 3.66. The summed E-state index contributed by atoms with van der Waals surface area (Å²) in [6.45, 7) is 0.727. The van der Waals surface area contributed by atoms with E-state index in [2.05, 4.69) is 5.32 Å². The van der Waals surface area contributed by atoms with Gasteiger partial charge in [0.1, 0.15) is 11.1 Å². The molecule has 4 rings (SSSR count). The van der Waals surface area contributed by atoms with Crippen LogP contribution in [0.25, 0.3) is 10.8 Å². The number of carbonyl (C=O) groups is 2. The molecule has 6 heteroatoms. The van der Waals surface area contributed by atoms with Crippen molar-refractivity contribution in [1.29, 1.82) is 0 Å². The molecule has 1 aliphatic heterocycles. The largest absolute Gasteiger partial charge is 0.442 e. The Bertz CT molecular complexity index is 918. The van der Waals surface area contributed by atoms with E-state index in [1.54, 1.807) is 11.0 Å². The van der Waals surface area contributed by atoms with Crippen molar-refractivity contribution in [3.8, 4) is 0 Å². The molecule has 25 heavy (non-hydrogen) atoms. The predicted molar refractivity (Wildman–Crippen MR) is 98.2 cm³/mol. The van der Waals surface area contributed by atoms with Crippen LogP contribution in [0.4, 0.5) is 9.80 Å². The van der Waals surface area contributed by atoms with Gasteiger partial charge in [-0.05, 0) is 34.4 Å². The van der Waals surface area contributed by atoms with Gasteiger partial charge >= 0.3 is 6.09 Å². The Morgan fingerprint density at radius 3 is 2.84 bits per heavy atom. The van der Waals surface area contributed by atoms with Gasteiger partial charge in [-0.1, -0.05) is 36.4 Å². The average molecular weight is 352 g/mol. The van der Waals surface area contributed by atoms with Crippen molar-refractivity contribution in [2.45, 2.75) is 6.10 Å². The maximum Gasteiger partial charge on any atom is 0.415 e. The van der Waals surface area contributed by atoms with Crippen molar-refractivity contribution in [1.82, 2.24) is 5.32 Å². The van der Waals surface area contributed by atoms with Crippen LogP contribution in [-0.2, 0) is 4.74 Å². The molecule has 3 aromatic rings. The van der Waals surface area contributed by atoms with Gasteiger partial charge in [0.15, 0.2) is 0 Å². The summed E-state index contributed by atoms with van der Waals surface area (Å²) in [7, 11) is 0. The summed E-state index contributed by atoms with van der Waals surface area (Å²) in [6.07, 6.45) is -0.722. The molecule has 0 aliphatic carbocycles. The van der Waals surface area contributed by atoms with E-state index in [4.69, 9.17) is 4.74 Å². The van der Waals surface area contributed by atoms with Gasteiger partial charge < -0.3 is 10.1 Å². The number of nitrogens with zero attached hydrogens (tertiary/aromatic N) is 1. The molecule has 2 aromatic carbocycles. The van der Waals surface area contributed by atoms with Crippen LogP contribution < -0.4 is 10.2 Å². The topological polar surface area (TPSA) is 58.6 Å². The van der Waals surface area contributed by atoms with Crippen molar-refractivity contribution < 1.29 is 14.3 Å². The van der Waals surface area contributed by atoms with Gasteiger partial charge in [0.05, 0.1) is 13.1 Å². The number of carbonyl (C=O) groups excluding carboxylic acids is 2. The van der Waals surface area contributed by atoms with Crippen molar-refractivity contribution in [3.63, 3.8) is 0 Å². The minimum atomic E-state index is -0.369. The lowest BCUT2D eigenvalue weighted by molar-refractivity contribution is 0.0917. The molecule has 1 aliphatic rings. The van der Waals surface area contributed by atoms with Gasteiger partial charge in [0.25, 0.3) is 5.91 Å². The number of benzene rings is 2. The minimum Gasteiger partial charge on any atom is -0.442 e. The van der Waals surface area contributed by atoms with Crippen LogP contribution in [0, 0.1) is 0 Å². The Morgan fingerprint density at radius 1 is 1.16 bits per heavy atom. The lowest BCUT2D eigenvalue weighted by Gasteiger charge is -2.12. The van der Waals surface area contributed by atoms with Gasteiger partial charge in [-0.25, -0.2) is 4.79 Å². The molecular formula is C19H16N2O3S. The molecular weight excluding hydrogens is 336 g/mol. The second-order valence-electron chi connectivity index (χ2n) is 5.80. The standard InChI is InChI=1S/C19H16N2O3S/c22-18(16-8-3-6-13-5-1-2-7-15(13)16)20-11-14-12-21(19(23)24-14)17-9-4-10-25-17/h1-10,14H,11-12H2,(H,20,22). The van der Waals surface area contributed by atoms with E-state index in [0.29, 0.717) is 12.1 Å². The number of fused-ring (bicyclic) bond motifs is 1. The normalized spacial score (nSPS) is 16.9. The summed E-state index contributed by atoms with van der Waals surface area (Å²) in [6, 6.07) is 17.2. The number of anilines is 1. The van der Waals surface area contributed by atoms with E-state index in [1.807, 2.05) is 53.9 Å². The Hall–Kier alpha value is -2.86. The molecule has 2 heterocycles. The van der Waals surface area contributed by atoms with Crippen LogP contribution in [0.5, 0.6) is 0 Å². The molecule has 0 radical (unpaired) electrons. The molecule has 0 spiro atoms. The molecule has 1 N–H and O–H groups in total. The molecule has 1 atom stereocenters. The second kappa shape index (κ2) is 6.57. The summed E-state index contributed by atoms with van der Waals surface area (Å²) in [4.78, 5) is 26.1. The number of nitrogens with one attached hydrogen (secondary N) is 1. The number of ether oxygens (including phenoxy) is 1. The van der Waals surface area contributed by atoms with Crippen molar-refractivity contribution in [2.75, 3.05) is 18.0 Å². The highest BCUT2D eigenvalue weighted by Gasteiger charge is 2.33. The smallest absolute Gasteiger partial charge is 0.415 e. The molecule has 0 bridgehead atoms. The second-order valence-corrected chi connectivity index (χ2v) is 6.73. The van der Waals surface area contributed by atoms with Crippen LogP contribution in [-0.4, -0.2) is 31.2 Å². The van der Waals surface area contributed by atoms with E-state index >= 15 is 0 Å². The fraction of sp³-hybridized carbons (Fsp3) is 0.158. The number of cyclic esters (lactones) is 1. The number of rotatable bonds is 4. The highest BCUT2D eigenvalue weighted by atomic mass is 32.1. The highest BCUT2D eigenvalue weighted by Crippen LogP contribution is 2.26. The van der Waals surface area contributed by atoms with Gasteiger partial charge in [0.2, 0.25) is 0 Å². The van der Waals surface area contributed by atoms with Crippen molar-refractivity contribution in [3.05, 3.63) is 65.5 Å². The monoisotopic (exact) mass is 352 g/mol. The zero-order valence-corrected chi connectivity index (χ0v) is 14.2. The molecule has 0 saturated carbocycles. The number of amides is 2. The first kappa shape index (κ1) is 15.7. The van der Waals surface area contributed by atoms with E-state index < -0.39 is 0 Å². The Morgan fingerprint density at radius 2 is 2.00 bits per heavy atom. The first-order valence-electron chi connectivity index (χ1n) is 8.00. The molecule has 1 saturated heterocycles. The van der Waals surface area contributed by atoms with Gasteiger partial charge in [-0.15, -0.1) is 11.3 Å². The van der Waals surface area contributed by atoms with E-state index in [9.17, 15) is 9.59 Å². The lowest BCUT2D eigenvalue weighted by Crippen LogP contribution is -2.34. The van der Waals surface area contributed by atoms with Gasteiger partial charge in [-0.3, -0.25) is 9.69 Å². The zero-order chi connectivity index (χ0) is 17.2. The van der Waals surface area contributed by atoms with E-state index in [0.717, 1.165) is 15.8 Å². The van der Waals surface area contributed by atoms with Crippen molar-refractivity contribution in [2.24, 2.45) is 0 Å². The first-order chi connectivity index (χ1) is 12.2. The molecule has 1 fully saturated rings. The zero-order valence-electron chi connectivity index (χ0n) is 13.3. The highest BCUT2D eigenvalue weighted by molar-refractivity contribution is 7.14. The molecule has 5 nitrogen and oxygen atoms in total.